The van der Waals surface area contributed by atoms with E-state index in [1.54, 1.807) is 10.7 Å². The van der Waals surface area contributed by atoms with Crippen molar-refractivity contribution in [3.8, 4) is 17.1 Å². The van der Waals surface area contributed by atoms with Gasteiger partial charge >= 0.3 is 0 Å². The van der Waals surface area contributed by atoms with Gasteiger partial charge in [-0.3, -0.25) is 0 Å². The molecule has 5 nitrogen and oxygen atoms in total. The van der Waals surface area contributed by atoms with Gasteiger partial charge in [0, 0.05) is 10.0 Å². The van der Waals surface area contributed by atoms with Crippen LogP contribution >= 0.6 is 15.9 Å². The summed E-state index contributed by atoms with van der Waals surface area (Å²) in [5, 5.41) is 11.6. The lowest BCUT2D eigenvalue weighted by molar-refractivity contribution is 0.632. The van der Waals surface area contributed by atoms with Crippen LogP contribution in [0.2, 0.25) is 0 Å². The molecule has 0 unspecified atom stereocenters. The van der Waals surface area contributed by atoms with Crippen LogP contribution in [0, 0.1) is 12.7 Å². The second-order valence-corrected chi connectivity index (χ2v) is 5.55. The molecule has 0 fully saturated rings. The van der Waals surface area contributed by atoms with Crippen LogP contribution < -0.4 is 5.73 Å². The number of hydrogen-bond acceptors (Lipinski definition) is 4. The number of nitrogen functional groups attached to an aromatic ring is 1. The first kappa shape index (κ1) is 13.7. The Labute approximate surface area is 128 Å². The SMILES string of the molecule is Cc1cc(Br)cc(-n2nnnc2-c2ccc(N)c(F)c2)c1. The number of anilines is 1. The van der Waals surface area contributed by atoms with Gasteiger partial charge in [0.2, 0.25) is 0 Å². The molecule has 1 heterocycles. The minimum atomic E-state index is -0.493. The third kappa shape index (κ3) is 2.64. The molecule has 0 aliphatic rings. The molecule has 2 aromatic carbocycles. The highest BCUT2D eigenvalue weighted by Gasteiger charge is 2.13. The molecule has 2 N–H and O–H groups in total. The zero-order valence-corrected chi connectivity index (χ0v) is 12.7. The predicted molar refractivity (Wildman–Crippen MR) is 81.4 cm³/mol. The third-order valence-corrected chi connectivity index (χ3v) is 3.46. The van der Waals surface area contributed by atoms with Gasteiger partial charge in [-0.2, -0.15) is 4.68 Å². The largest absolute Gasteiger partial charge is 0.396 e. The van der Waals surface area contributed by atoms with E-state index in [-0.39, 0.29) is 5.69 Å². The number of halogens is 2. The molecular weight excluding hydrogens is 337 g/mol. The van der Waals surface area contributed by atoms with Gasteiger partial charge in [-0.05, 0) is 59.3 Å². The first-order valence-electron chi connectivity index (χ1n) is 6.16. The van der Waals surface area contributed by atoms with Crippen LogP contribution in [-0.2, 0) is 0 Å². The Balaban J connectivity index is 2.14. The Morgan fingerprint density at radius 3 is 2.71 bits per heavy atom. The second kappa shape index (κ2) is 5.25. The Morgan fingerprint density at radius 2 is 2.00 bits per heavy atom. The minimum Gasteiger partial charge on any atom is -0.396 e. The van der Waals surface area contributed by atoms with Crippen LogP contribution in [0.3, 0.4) is 0 Å². The van der Waals surface area contributed by atoms with Gasteiger partial charge in [0.05, 0.1) is 11.4 Å². The molecule has 0 radical (unpaired) electrons. The van der Waals surface area contributed by atoms with Gasteiger partial charge in [0.25, 0.3) is 0 Å². The fourth-order valence-electron chi connectivity index (χ4n) is 2.05. The van der Waals surface area contributed by atoms with Crippen molar-refractivity contribution >= 4 is 21.6 Å². The minimum absolute atomic E-state index is 0.0936. The van der Waals surface area contributed by atoms with Crippen LogP contribution in [0.4, 0.5) is 10.1 Å². The first-order chi connectivity index (χ1) is 10.0. The summed E-state index contributed by atoms with van der Waals surface area (Å²) in [4.78, 5) is 0. The fraction of sp³-hybridized carbons (Fsp3) is 0.0714. The molecule has 0 aliphatic heterocycles. The standard InChI is InChI=1S/C14H11BrFN5/c1-8-4-10(15)7-11(5-8)21-14(18-19-20-21)9-2-3-13(17)12(16)6-9/h2-7H,17H2,1H3. The summed E-state index contributed by atoms with van der Waals surface area (Å²) in [6, 6.07) is 10.3. The maximum Gasteiger partial charge on any atom is 0.187 e. The van der Waals surface area contributed by atoms with E-state index >= 15 is 0 Å². The van der Waals surface area contributed by atoms with E-state index in [1.807, 2.05) is 25.1 Å². The van der Waals surface area contributed by atoms with Crippen molar-refractivity contribution in [3.05, 3.63) is 52.3 Å². The summed E-state index contributed by atoms with van der Waals surface area (Å²) in [7, 11) is 0. The molecule has 1 aromatic heterocycles. The number of rotatable bonds is 2. The first-order valence-corrected chi connectivity index (χ1v) is 6.95. The van der Waals surface area contributed by atoms with Crippen molar-refractivity contribution in [3.63, 3.8) is 0 Å². The van der Waals surface area contributed by atoms with Crippen molar-refractivity contribution in [1.82, 2.24) is 20.2 Å². The number of hydrogen-bond donors (Lipinski definition) is 1. The molecule has 21 heavy (non-hydrogen) atoms. The summed E-state index contributed by atoms with van der Waals surface area (Å²) in [6.45, 7) is 1.97. The van der Waals surface area contributed by atoms with E-state index in [2.05, 4.69) is 31.5 Å². The van der Waals surface area contributed by atoms with Crippen molar-refractivity contribution < 1.29 is 4.39 Å². The molecule has 106 valence electrons. The predicted octanol–water partition coefficient (Wildman–Crippen LogP) is 3.12. The molecule has 0 atom stereocenters. The van der Waals surface area contributed by atoms with Crippen LogP contribution in [-0.4, -0.2) is 20.2 Å². The summed E-state index contributed by atoms with van der Waals surface area (Å²) in [5.74, 6) is -0.0427. The zero-order chi connectivity index (χ0) is 15.0. The van der Waals surface area contributed by atoms with Crippen LogP contribution in [0.1, 0.15) is 5.56 Å². The number of benzene rings is 2. The van der Waals surface area contributed by atoms with Crippen molar-refractivity contribution in [2.24, 2.45) is 0 Å². The Morgan fingerprint density at radius 1 is 1.19 bits per heavy atom. The number of aryl methyl sites for hydroxylation is 1. The lowest BCUT2D eigenvalue weighted by Gasteiger charge is -2.07. The molecule has 0 saturated carbocycles. The molecule has 7 heteroatoms. The molecule has 0 bridgehead atoms. The summed E-state index contributed by atoms with van der Waals surface area (Å²) in [5.41, 5.74) is 7.99. The second-order valence-electron chi connectivity index (χ2n) is 4.64. The van der Waals surface area contributed by atoms with Gasteiger partial charge < -0.3 is 5.73 Å². The Bertz CT molecular complexity index is 795. The van der Waals surface area contributed by atoms with Gasteiger partial charge in [-0.1, -0.05) is 15.9 Å². The van der Waals surface area contributed by atoms with Crippen molar-refractivity contribution in [2.75, 3.05) is 5.73 Å². The molecule has 0 spiro atoms. The molecule has 0 amide bonds. The maximum absolute atomic E-state index is 13.6. The zero-order valence-electron chi connectivity index (χ0n) is 11.1. The van der Waals surface area contributed by atoms with Gasteiger partial charge in [-0.25, -0.2) is 4.39 Å². The number of nitrogens with zero attached hydrogens (tertiary/aromatic N) is 4. The van der Waals surface area contributed by atoms with Gasteiger partial charge in [0.1, 0.15) is 5.82 Å². The highest BCUT2D eigenvalue weighted by Crippen LogP contribution is 2.24. The fourth-order valence-corrected chi connectivity index (χ4v) is 2.64. The van der Waals surface area contributed by atoms with Crippen LogP contribution in [0.25, 0.3) is 17.1 Å². The molecular formula is C14H11BrFN5. The highest BCUT2D eigenvalue weighted by atomic mass is 79.9. The molecule has 0 aliphatic carbocycles. The van der Waals surface area contributed by atoms with Gasteiger partial charge in [0.15, 0.2) is 5.82 Å². The van der Waals surface area contributed by atoms with E-state index in [0.717, 1.165) is 15.7 Å². The summed E-state index contributed by atoms with van der Waals surface area (Å²) >= 11 is 3.44. The topological polar surface area (TPSA) is 69.6 Å². The number of tetrazole rings is 1. The Kier molecular flexibility index (Phi) is 3.42. The number of aromatic nitrogens is 4. The van der Waals surface area contributed by atoms with E-state index in [9.17, 15) is 4.39 Å². The third-order valence-electron chi connectivity index (χ3n) is 3.00. The monoisotopic (exact) mass is 347 g/mol. The summed E-state index contributed by atoms with van der Waals surface area (Å²) < 4.78 is 16.1. The quantitative estimate of drug-likeness (QED) is 0.723. The Hall–Kier alpha value is -2.28. The summed E-state index contributed by atoms with van der Waals surface area (Å²) in [6.07, 6.45) is 0. The molecule has 3 aromatic rings. The lowest BCUT2D eigenvalue weighted by Crippen LogP contribution is -2.01. The average Bonchev–Trinajstić information content (AvgIpc) is 2.90. The van der Waals surface area contributed by atoms with Gasteiger partial charge in [-0.15, -0.1) is 5.10 Å². The lowest BCUT2D eigenvalue weighted by atomic mass is 10.1. The number of nitrogens with two attached hydrogens (primary N) is 1. The smallest absolute Gasteiger partial charge is 0.187 e. The van der Waals surface area contributed by atoms with E-state index in [1.165, 1.54) is 12.1 Å². The maximum atomic E-state index is 13.6. The van der Waals surface area contributed by atoms with Crippen LogP contribution in [0.5, 0.6) is 0 Å². The molecule has 3 rings (SSSR count). The molecule has 0 saturated heterocycles. The van der Waals surface area contributed by atoms with Crippen molar-refractivity contribution in [2.45, 2.75) is 6.92 Å². The highest BCUT2D eigenvalue weighted by molar-refractivity contribution is 9.10. The van der Waals surface area contributed by atoms with E-state index in [4.69, 9.17) is 5.73 Å². The van der Waals surface area contributed by atoms with Crippen molar-refractivity contribution in [1.29, 1.82) is 0 Å². The van der Waals surface area contributed by atoms with E-state index < -0.39 is 5.82 Å². The normalized spacial score (nSPS) is 10.8. The van der Waals surface area contributed by atoms with E-state index in [0.29, 0.717) is 11.4 Å². The average molecular weight is 348 g/mol. The van der Waals surface area contributed by atoms with Crippen LogP contribution in [0.15, 0.2) is 40.9 Å².